The van der Waals surface area contributed by atoms with Gasteiger partial charge in [0.1, 0.15) is 5.65 Å². The molecular formula is C12H13N3O4S. The lowest BCUT2D eigenvalue weighted by Crippen LogP contribution is -2.34. The van der Waals surface area contributed by atoms with E-state index in [1.165, 1.54) is 28.9 Å². The van der Waals surface area contributed by atoms with Gasteiger partial charge in [0.2, 0.25) is 10.0 Å². The van der Waals surface area contributed by atoms with E-state index in [2.05, 4.69) is 9.71 Å². The molecule has 1 saturated carbocycles. The van der Waals surface area contributed by atoms with Crippen molar-refractivity contribution in [3.05, 3.63) is 30.2 Å². The van der Waals surface area contributed by atoms with Gasteiger partial charge < -0.3 is 5.11 Å². The van der Waals surface area contributed by atoms with Gasteiger partial charge in [0.05, 0.1) is 11.1 Å². The second-order valence-electron chi connectivity index (χ2n) is 5.21. The molecule has 0 bridgehead atoms. The highest BCUT2D eigenvalue weighted by atomic mass is 32.2. The second-order valence-corrected chi connectivity index (χ2v) is 6.89. The van der Waals surface area contributed by atoms with Crippen LogP contribution < -0.4 is 4.72 Å². The number of nitrogens with zero attached hydrogens (tertiary/aromatic N) is 2. The van der Waals surface area contributed by atoms with Crippen molar-refractivity contribution in [3.63, 3.8) is 0 Å². The number of fused-ring (bicyclic) bond motifs is 1. The molecule has 1 aliphatic carbocycles. The first-order valence-electron chi connectivity index (χ1n) is 6.05. The minimum atomic E-state index is -3.66. The molecule has 1 aliphatic rings. The lowest BCUT2D eigenvalue weighted by molar-refractivity contribution is 0.0689. The highest BCUT2D eigenvalue weighted by Crippen LogP contribution is 2.35. The minimum absolute atomic E-state index is 0.0265. The molecule has 0 saturated heterocycles. The second kappa shape index (κ2) is 4.03. The maximum absolute atomic E-state index is 12.2. The molecule has 2 aromatic rings. The number of carboxylic acid groups (broad SMARTS) is 1. The van der Waals surface area contributed by atoms with Crippen molar-refractivity contribution in [1.82, 2.24) is 14.1 Å². The Morgan fingerprint density at radius 2 is 2.15 bits per heavy atom. The van der Waals surface area contributed by atoms with Crippen LogP contribution in [-0.4, -0.2) is 34.4 Å². The largest absolute Gasteiger partial charge is 0.477 e. The third-order valence-corrected chi connectivity index (χ3v) is 5.01. The molecule has 0 spiro atoms. The number of carboxylic acids is 1. The Balaban J connectivity index is 2.08. The number of aromatic carboxylic acids is 1. The fourth-order valence-corrected chi connectivity index (χ4v) is 3.41. The number of sulfonamides is 1. The van der Waals surface area contributed by atoms with E-state index >= 15 is 0 Å². The number of aromatic nitrogens is 2. The highest BCUT2D eigenvalue weighted by Gasteiger charge is 2.41. The van der Waals surface area contributed by atoms with Gasteiger partial charge in [0, 0.05) is 11.7 Å². The molecule has 3 rings (SSSR count). The van der Waals surface area contributed by atoms with Crippen molar-refractivity contribution < 1.29 is 18.3 Å². The van der Waals surface area contributed by atoms with Gasteiger partial charge in [0.15, 0.2) is 5.69 Å². The molecule has 0 atom stereocenters. The van der Waals surface area contributed by atoms with E-state index < -0.39 is 16.0 Å². The molecule has 0 aliphatic heterocycles. The first kappa shape index (κ1) is 13.1. The van der Waals surface area contributed by atoms with Crippen LogP contribution in [0.3, 0.4) is 0 Å². The third kappa shape index (κ3) is 2.16. The zero-order valence-electron chi connectivity index (χ0n) is 10.7. The van der Waals surface area contributed by atoms with Crippen molar-refractivity contribution in [2.45, 2.75) is 30.2 Å². The summed E-state index contributed by atoms with van der Waals surface area (Å²) in [5.41, 5.74) is -0.0630. The zero-order valence-corrected chi connectivity index (χ0v) is 11.5. The van der Waals surface area contributed by atoms with Crippen LogP contribution >= 0.6 is 0 Å². The summed E-state index contributed by atoms with van der Waals surface area (Å²) in [4.78, 5) is 15.0. The topological polar surface area (TPSA) is 101 Å². The SMILES string of the molecule is CC1(NS(=O)(=O)c2ccc3ncc(C(=O)O)n3c2)CC1. The Bertz CT molecular complexity index is 805. The Labute approximate surface area is 115 Å². The molecule has 0 radical (unpaired) electrons. The Hall–Kier alpha value is -1.93. The maximum Gasteiger partial charge on any atom is 0.354 e. The van der Waals surface area contributed by atoms with E-state index in [4.69, 9.17) is 5.11 Å². The van der Waals surface area contributed by atoms with Crippen molar-refractivity contribution in [2.24, 2.45) is 0 Å². The van der Waals surface area contributed by atoms with Crippen LogP contribution in [0.15, 0.2) is 29.4 Å². The summed E-state index contributed by atoms with van der Waals surface area (Å²) in [6, 6.07) is 2.90. The van der Waals surface area contributed by atoms with E-state index in [0.29, 0.717) is 5.65 Å². The zero-order chi connectivity index (χ0) is 14.5. The number of imidazole rings is 1. The van der Waals surface area contributed by atoms with Gasteiger partial charge >= 0.3 is 5.97 Å². The number of pyridine rings is 1. The molecular weight excluding hydrogens is 282 g/mol. The minimum Gasteiger partial charge on any atom is -0.477 e. The molecule has 0 amide bonds. The third-order valence-electron chi connectivity index (χ3n) is 3.39. The van der Waals surface area contributed by atoms with Crippen molar-refractivity contribution in [2.75, 3.05) is 0 Å². The lowest BCUT2D eigenvalue weighted by Gasteiger charge is -2.12. The Kier molecular flexibility index (Phi) is 2.63. The highest BCUT2D eigenvalue weighted by molar-refractivity contribution is 7.89. The van der Waals surface area contributed by atoms with Crippen LogP contribution in [0.25, 0.3) is 5.65 Å². The summed E-state index contributed by atoms with van der Waals surface area (Å²) >= 11 is 0. The molecule has 106 valence electrons. The number of nitrogens with one attached hydrogen (secondary N) is 1. The molecule has 2 heterocycles. The summed E-state index contributed by atoms with van der Waals surface area (Å²) < 4.78 is 28.4. The average molecular weight is 295 g/mol. The Morgan fingerprint density at radius 1 is 1.45 bits per heavy atom. The van der Waals surface area contributed by atoms with Crippen molar-refractivity contribution in [1.29, 1.82) is 0 Å². The molecule has 1 fully saturated rings. The van der Waals surface area contributed by atoms with Crippen LogP contribution in [0.1, 0.15) is 30.3 Å². The smallest absolute Gasteiger partial charge is 0.354 e. The van der Waals surface area contributed by atoms with Gasteiger partial charge in [-0.1, -0.05) is 0 Å². The first-order valence-corrected chi connectivity index (χ1v) is 7.53. The van der Waals surface area contributed by atoms with E-state index in [1.807, 2.05) is 6.92 Å². The van der Waals surface area contributed by atoms with Gasteiger partial charge in [-0.15, -0.1) is 0 Å². The standard InChI is InChI=1S/C12H13N3O4S/c1-12(4-5-12)14-20(18,19)8-2-3-10-13-6-9(11(16)17)15(10)7-8/h2-3,6-7,14H,4-5H2,1H3,(H,16,17). The van der Waals surface area contributed by atoms with E-state index in [-0.39, 0.29) is 16.1 Å². The van der Waals surface area contributed by atoms with E-state index in [0.717, 1.165) is 12.8 Å². The first-order chi connectivity index (χ1) is 9.31. The molecule has 20 heavy (non-hydrogen) atoms. The van der Waals surface area contributed by atoms with Crippen LogP contribution in [0.5, 0.6) is 0 Å². The predicted octanol–water partition coefficient (Wildman–Crippen LogP) is 0.863. The quantitative estimate of drug-likeness (QED) is 0.871. The average Bonchev–Trinajstić information content (AvgIpc) is 2.91. The molecule has 2 aromatic heterocycles. The summed E-state index contributed by atoms with van der Waals surface area (Å²) in [6.07, 6.45) is 4.09. The van der Waals surface area contributed by atoms with E-state index in [1.54, 1.807) is 0 Å². The molecule has 8 heteroatoms. The van der Waals surface area contributed by atoms with Gasteiger partial charge in [0.25, 0.3) is 0 Å². The number of hydrogen-bond donors (Lipinski definition) is 2. The molecule has 7 nitrogen and oxygen atoms in total. The normalized spacial score (nSPS) is 17.2. The van der Waals surface area contributed by atoms with Gasteiger partial charge in [-0.05, 0) is 31.9 Å². The fraction of sp³-hybridized carbons (Fsp3) is 0.333. The Morgan fingerprint density at radius 3 is 2.75 bits per heavy atom. The number of hydrogen-bond acceptors (Lipinski definition) is 4. The van der Waals surface area contributed by atoms with Gasteiger partial charge in [-0.25, -0.2) is 22.9 Å². The molecule has 0 aromatic carbocycles. The van der Waals surface area contributed by atoms with Crippen LogP contribution in [-0.2, 0) is 10.0 Å². The van der Waals surface area contributed by atoms with Crippen molar-refractivity contribution in [3.8, 4) is 0 Å². The van der Waals surface area contributed by atoms with Gasteiger partial charge in [-0.3, -0.25) is 4.40 Å². The van der Waals surface area contributed by atoms with Gasteiger partial charge in [-0.2, -0.15) is 0 Å². The van der Waals surface area contributed by atoms with Crippen LogP contribution in [0, 0.1) is 0 Å². The predicted molar refractivity (Wildman–Crippen MR) is 70.1 cm³/mol. The molecule has 0 unspecified atom stereocenters. The summed E-state index contributed by atoms with van der Waals surface area (Å²) in [7, 11) is -3.66. The monoisotopic (exact) mass is 295 g/mol. The number of rotatable bonds is 4. The summed E-state index contributed by atoms with van der Waals surface area (Å²) in [5, 5.41) is 9.04. The van der Waals surface area contributed by atoms with Crippen LogP contribution in [0.2, 0.25) is 0 Å². The summed E-state index contributed by atoms with van der Waals surface area (Å²) in [6.45, 7) is 1.84. The molecule has 2 N–H and O–H groups in total. The van der Waals surface area contributed by atoms with E-state index in [9.17, 15) is 13.2 Å². The summed E-state index contributed by atoms with van der Waals surface area (Å²) in [5.74, 6) is -1.16. The van der Waals surface area contributed by atoms with Crippen LogP contribution in [0.4, 0.5) is 0 Å². The van der Waals surface area contributed by atoms with Crippen molar-refractivity contribution >= 4 is 21.6 Å². The lowest BCUT2D eigenvalue weighted by atomic mass is 10.4. The number of carbonyl (C=O) groups is 1. The fourth-order valence-electron chi connectivity index (χ4n) is 1.95. The maximum atomic E-state index is 12.2.